The highest BCUT2D eigenvalue weighted by Gasteiger charge is 2.18. The third-order valence-corrected chi connectivity index (χ3v) is 3.39. The molecule has 0 fully saturated rings. The molecule has 120 valence electrons. The molecule has 4 nitrogen and oxygen atoms in total. The molecule has 0 saturated heterocycles. The van der Waals surface area contributed by atoms with Crippen molar-refractivity contribution in [2.75, 3.05) is 20.7 Å². The SMILES string of the molecule is COc1ccc(F)cc1C(=O)N(C)CCC(N)C(C)C.Cl. The molecular weight excluding hydrogens is 295 g/mol. The van der Waals surface area contributed by atoms with E-state index < -0.39 is 5.82 Å². The number of carbonyl (C=O) groups is 1. The maximum absolute atomic E-state index is 13.3. The van der Waals surface area contributed by atoms with Crippen LogP contribution in [0.15, 0.2) is 18.2 Å². The van der Waals surface area contributed by atoms with E-state index in [2.05, 4.69) is 0 Å². The van der Waals surface area contributed by atoms with Gasteiger partial charge in [-0.15, -0.1) is 12.4 Å². The Bertz CT molecular complexity index is 469. The first-order chi connectivity index (χ1) is 9.36. The van der Waals surface area contributed by atoms with Crippen molar-refractivity contribution in [1.82, 2.24) is 4.90 Å². The zero-order valence-electron chi connectivity index (χ0n) is 12.9. The van der Waals surface area contributed by atoms with Gasteiger partial charge < -0.3 is 15.4 Å². The molecule has 1 amide bonds. The molecule has 1 rings (SSSR count). The molecule has 0 aliphatic rings. The molecule has 0 aliphatic heterocycles. The third kappa shape index (κ3) is 5.52. The summed E-state index contributed by atoms with van der Waals surface area (Å²) in [4.78, 5) is 13.8. The topological polar surface area (TPSA) is 55.6 Å². The minimum absolute atomic E-state index is 0. The monoisotopic (exact) mass is 318 g/mol. The molecule has 0 saturated carbocycles. The fourth-order valence-electron chi connectivity index (χ4n) is 1.83. The maximum atomic E-state index is 13.3. The zero-order chi connectivity index (χ0) is 15.3. The summed E-state index contributed by atoms with van der Waals surface area (Å²) in [5, 5.41) is 0. The van der Waals surface area contributed by atoms with Gasteiger partial charge in [-0.2, -0.15) is 0 Å². The summed E-state index contributed by atoms with van der Waals surface area (Å²) in [7, 11) is 3.14. The van der Waals surface area contributed by atoms with Gasteiger partial charge in [-0.1, -0.05) is 13.8 Å². The summed E-state index contributed by atoms with van der Waals surface area (Å²) >= 11 is 0. The number of nitrogens with zero attached hydrogens (tertiary/aromatic N) is 1. The van der Waals surface area contributed by atoms with Gasteiger partial charge in [-0.3, -0.25) is 4.79 Å². The van der Waals surface area contributed by atoms with Gasteiger partial charge in [-0.05, 0) is 30.5 Å². The van der Waals surface area contributed by atoms with Gasteiger partial charge in [0.15, 0.2) is 0 Å². The molecule has 0 bridgehead atoms. The number of amides is 1. The van der Waals surface area contributed by atoms with Crippen LogP contribution in [-0.4, -0.2) is 37.6 Å². The molecule has 1 aromatic carbocycles. The Morgan fingerprint density at radius 1 is 1.43 bits per heavy atom. The van der Waals surface area contributed by atoms with Gasteiger partial charge in [0.05, 0.1) is 12.7 Å². The molecule has 1 aromatic rings. The third-order valence-electron chi connectivity index (χ3n) is 3.39. The molecule has 0 aromatic heterocycles. The summed E-state index contributed by atoms with van der Waals surface area (Å²) in [6.07, 6.45) is 0.706. The number of carbonyl (C=O) groups excluding carboxylic acids is 1. The molecule has 0 radical (unpaired) electrons. The predicted molar refractivity (Wildman–Crippen MR) is 84.6 cm³/mol. The first kappa shape index (κ1) is 19.7. The van der Waals surface area contributed by atoms with E-state index in [1.807, 2.05) is 13.8 Å². The smallest absolute Gasteiger partial charge is 0.257 e. The first-order valence-electron chi connectivity index (χ1n) is 6.71. The fraction of sp³-hybridized carbons (Fsp3) is 0.533. The maximum Gasteiger partial charge on any atom is 0.257 e. The van der Waals surface area contributed by atoms with E-state index >= 15 is 0 Å². The number of nitrogens with two attached hydrogens (primary N) is 1. The molecule has 6 heteroatoms. The van der Waals surface area contributed by atoms with Crippen molar-refractivity contribution in [3.63, 3.8) is 0 Å². The van der Waals surface area contributed by atoms with Crippen LogP contribution in [0.1, 0.15) is 30.6 Å². The van der Waals surface area contributed by atoms with Crippen LogP contribution >= 0.6 is 12.4 Å². The van der Waals surface area contributed by atoms with E-state index in [1.54, 1.807) is 11.9 Å². The van der Waals surface area contributed by atoms with Crippen LogP contribution < -0.4 is 10.5 Å². The Kier molecular flexibility index (Phi) is 8.29. The highest BCUT2D eigenvalue weighted by Crippen LogP contribution is 2.21. The molecule has 1 unspecified atom stereocenters. The molecule has 2 N–H and O–H groups in total. The van der Waals surface area contributed by atoms with Crippen LogP contribution in [-0.2, 0) is 0 Å². The first-order valence-corrected chi connectivity index (χ1v) is 6.71. The summed E-state index contributed by atoms with van der Waals surface area (Å²) in [5.41, 5.74) is 6.19. The molecule has 21 heavy (non-hydrogen) atoms. The highest BCUT2D eigenvalue weighted by molar-refractivity contribution is 5.96. The Morgan fingerprint density at radius 3 is 2.57 bits per heavy atom. The lowest BCUT2D eigenvalue weighted by molar-refractivity contribution is 0.0785. The number of methoxy groups -OCH3 is 1. The van der Waals surface area contributed by atoms with Crippen LogP contribution in [0.5, 0.6) is 5.75 Å². The molecule has 1 atom stereocenters. The van der Waals surface area contributed by atoms with Crippen molar-refractivity contribution in [2.24, 2.45) is 11.7 Å². The number of ether oxygens (including phenoxy) is 1. The van der Waals surface area contributed by atoms with E-state index in [9.17, 15) is 9.18 Å². The molecule has 0 heterocycles. The lowest BCUT2D eigenvalue weighted by Gasteiger charge is -2.22. The van der Waals surface area contributed by atoms with Crippen LogP contribution in [0.4, 0.5) is 4.39 Å². The van der Waals surface area contributed by atoms with Gasteiger partial charge >= 0.3 is 0 Å². The van der Waals surface area contributed by atoms with Crippen LogP contribution in [0, 0.1) is 11.7 Å². The fourth-order valence-corrected chi connectivity index (χ4v) is 1.83. The van der Waals surface area contributed by atoms with Crippen molar-refractivity contribution < 1.29 is 13.9 Å². The number of hydrogen-bond acceptors (Lipinski definition) is 3. The summed E-state index contributed by atoms with van der Waals surface area (Å²) < 4.78 is 18.4. The lowest BCUT2D eigenvalue weighted by Crippen LogP contribution is -2.34. The molecular formula is C15H24ClFN2O2. The second-order valence-corrected chi connectivity index (χ2v) is 5.27. The van der Waals surface area contributed by atoms with E-state index in [-0.39, 0.29) is 29.9 Å². The Hall–Kier alpha value is -1.33. The summed E-state index contributed by atoms with van der Waals surface area (Å²) in [6.45, 7) is 4.61. The summed E-state index contributed by atoms with van der Waals surface area (Å²) in [6, 6.07) is 3.96. The van der Waals surface area contributed by atoms with E-state index in [0.717, 1.165) is 0 Å². The minimum Gasteiger partial charge on any atom is -0.496 e. The van der Waals surface area contributed by atoms with Crippen molar-refractivity contribution in [3.05, 3.63) is 29.6 Å². The van der Waals surface area contributed by atoms with Gasteiger partial charge in [0, 0.05) is 19.6 Å². The predicted octanol–water partition coefficient (Wildman–Crippen LogP) is 2.70. The number of benzene rings is 1. The Balaban J connectivity index is 0.00000400. The number of hydrogen-bond donors (Lipinski definition) is 1. The van der Waals surface area contributed by atoms with Gasteiger partial charge in [-0.25, -0.2) is 4.39 Å². The molecule has 0 aliphatic carbocycles. The van der Waals surface area contributed by atoms with Crippen LogP contribution in [0.25, 0.3) is 0 Å². The minimum atomic E-state index is -0.457. The second-order valence-electron chi connectivity index (χ2n) is 5.27. The van der Waals surface area contributed by atoms with Crippen molar-refractivity contribution >= 4 is 18.3 Å². The quantitative estimate of drug-likeness (QED) is 0.877. The van der Waals surface area contributed by atoms with E-state index in [4.69, 9.17) is 10.5 Å². The van der Waals surface area contributed by atoms with Gasteiger partial charge in [0.1, 0.15) is 11.6 Å². The average molecular weight is 319 g/mol. The number of halogens is 2. The normalized spacial score (nSPS) is 11.8. The highest BCUT2D eigenvalue weighted by atomic mass is 35.5. The van der Waals surface area contributed by atoms with Gasteiger partial charge in [0.25, 0.3) is 5.91 Å². The van der Waals surface area contributed by atoms with Crippen LogP contribution in [0.2, 0.25) is 0 Å². The van der Waals surface area contributed by atoms with Crippen molar-refractivity contribution in [1.29, 1.82) is 0 Å². The van der Waals surface area contributed by atoms with Crippen LogP contribution in [0.3, 0.4) is 0 Å². The largest absolute Gasteiger partial charge is 0.496 e. The molecule has 0 spiro atoms. The van der Waals surface area contributed by atoms with E-state index in [0.29, 0.717) is 24.6 Å². The Morgan fingerprint density at radius 2 is 2.05 bits per heavy atom. The average Bonchev–Trinajstić information content (AvgIpc) is 2.43. The van der Waals surface area contributed by atoms with Gasteiger partial charge in [0.2, 0.25) is 0 Å². The Labute approximate surface area is 131 Å². The van der Waals surface area contributed by atoms with Crippen molar-refractivity contribution in [3.8, 4) is 5.75 Å². The standard InChI is InChI=1S/C15H23FN2O2.ClH/c1-10(2)13(17)7-8-18(3)15(19)12-9-11(16)5-6-14(12)20-4;/h5-6,9-10,13H,7-8,17H2,1-4H3;1H. The second kappa shape index (κ2) is 8.85. The van der Waals surface area contributed by atoms with Crippen molar-refractivity contribution in [2.45, 2.75) is 26.3 Å². The summed E-state index contributed by atoms with van der Waals surface area (Å²) in [5.74, 6) is 0.0114. The van der Waals surface area contributed by atoms with E-state index in [1.165, 1.54) is 25.3 Å². The lowest BCUT2D eigenvalue weighted by atomic mass is 10.0. The number of rotatable bonds is 6. The zero-order valence-corrected chi connectivity index (χ0v) is 13.7.